The van der Waals surface area contributed by atoms with Crippen LogP contribution >= 0.6 is 0 Å². The molecule has 0 saturated heterocycles. The van der Waals surface area contributed by atoms with Crippen LogP contribution in [-0.2, 0) is 5.41 Å². The highest BCUT2D eigenvalue weighted by atomic mass is 16.5. The molecule has 1 aromatic rings. The van der Waals surface area contributed by atoms with E-state index in [1.54, 1.807) is 0 Å². The Kier molecular flexibility index (Phi) is 3.96. The zero-order valence-corrected chi connectivity index (χ0v) is 11.6. The molecule has 18 heavy (non-hydrogen) atoms. The van der Waals surface area contributed by atoms with Crippen molar-refractivity contribution in [3.05, 3.63) is 29.8 Å². The Balaban J connectivity index is 1.90. The van der Waals surface area contributed by atoms with Gasteiger partial charge in [-0.05, 0) is 48.3 Å². The van der Waals surface area contributed by atoms with Gasteiger partial charge in [0.2, 0.25) is 0 Å². The molecule has 1 aliphatic carbocycles. The van der Waals surface area contributed by atoms with Crippen LogP contribution in [0.5, 0.6) is 5.75 Å². The molecule has 2 heteroatoms. The molecule has 2 nitrogen and oxygen atoms in total. The smallest absolute Gasteiger partial charge is 0.119 e. The third-order valence-corrected chi connectivity index (χ3v) is 4.11. The molecule has 1 aromatic carbocycles. The minimum absolute atomic E-state index is 0.214. The third kappa shape index (κ3) is 3.26. The minimum atomic E-state index is -0.295. The second-order valence-corrected chi connectivity index (χ2v) is 5.98. The summed E-state index contributed by atoms with van der Waals surface area (Å²) in [5.74, 6) is 1.33. The van der Waals surface area contributed by atoms with Gasteiger partial charge in [0.25, 0.3) is 0 Å². The van der Waals surface area contributed by atoms with E-state index >= 15 is 0 Å². The summed E-state index contributed by atoms with van der Waals surface area (Å²) in [4.78, 5) is 0. The number of hydrogen-bond donors (Lipinski definition) is 1. The van der Waals surface area contributed by atoms with Crippen LogP contribution < -0.4 is 4.74 Å². The molecule has 100 valence electrons. The normalized spacial score (nSPS) is 17.6. The zero-order valence-electron chi connectivity index (χ0n) is 11.6. The summed E-state index contributed by atoms with van der Waals surface area (Å²) in [6.07, 6.45) is 3.12. The Morgan fingerprint density at radius 1 is 1.28 bits per heavy atom. The van der Waals surface area contributed by atoms with E-state index in [1.165, 1.54) is 5.56 Å². The summed E-state index contributed by atoms with van der Waals surface area (Å²) in [7, 11) is 0. The van der Waals surface area contributed by atoms with E-state index < -0.39 is 0 Å². The summed E-state index contributed by atoms with van der Waals surface area (Å²) >= 11 is 0. The third-order valence-electron chi connectivity index (χ3n) is 4.11. The fourth-order valence-corrected chi connectivity index (χ4v) is 2.01. The van der Waals surface area contributed by atoms with Gasteiger partial charge < -0.3 is 9.84 Å². The summed E-state index contributed by atoms with van der Waals surface area (Å²) in [6.45, 7) is 7.12. The molecule has 0 bridgehead atoms. The Morgan fingerprint density at radius 2 is 1.89 bits per heavy atom. The molecule has 0 spiro atoms. The first-order valence-corrected chi connectivity index (χ1v) is 6.94. The Hall–Kier alpha value is -1.02. The van der Waals surface area contributed by atoms with E-state index in [2.05, 4.69) is 32.9 Å². The van der Waals surface area contributed by atoms with Gasteiger partial charge in [0.1, 0.15) is 12.4 Å². The van der Waals surface area contributed by atoms with E-state index in [1.807, 2.05) is 12.1 Å². The first-order chi connectivity index (χ1) is 8.53. The number of aliphatic hydroxyl groups excluding tert-OH is 1. The maximum absolute atomic E-state index is 9.75. The highest BCUT2D eigenvalue weighted by molar-refractivity contribution is 5.31. The van der Waals surface area contributed by atoms with Gasteiger partial charge in [-0.25, -0.2) is 0 Å². The highest BCUT2D eigenvalue weighted by Gasteiger charge is 2.30. The lowest BCUT2D eigenvalue weighted by molar-refractivity contribution is 0.0894. The van der Waals surface area contributed by atoms with Gasteiger partial charge in [0, 0.05) is 0 Å². The highest BCUT2D eigenvalue weighted by Crippen LogP contribution is 2.33. The van der Waals surface area contributed by atoms with Gasteiger partial charge >= 0.3 is 0 Å². The molecule has 0 radical (unpaired) electrons. The van der Waals surface area contributed by atoms with Gasteiger partial charge in [-0.2, -0.15) is 0 Å². The first-order valence-electron chi connectivity index (χ1n) is 6.94. The van der Waals surface area contributed by atoms with Crippen molar-refractivity contribution < 1.29 is 9.84 Å². The zero-order chi connectivity index (χ0) is 13.2. The molecule has 1 aliphatic rings. The van der Waals surface area contributed by atoms with Crippen molar-refractivity contribution >= 4 is 0 Å². The quantitative estimate of drug-likeness (QED) is 0.834. The molecule has 1 atom stereocenters. The van der Waals surface area contributed by atoms with Gasteiger partial charge in [0.05, 0.1) is 6.10 Å². The second kappa shape index (κ2) is 5.31. The number of aliphatic hydroxyl groups is 1. The van der Waals surface area contributed by atoms with E-state index in [-0.39, 0.29) is 11.5 Å². The largest absolute Gasteiger partial charge is 0.491 e. The topological polar surface area (TPSA) is 29.5 Å². The SMILES string of the molecule is CCC(C)(C)c1ccc(OCC(O)C2CC2)cc1. The van der Waals surface area contributed by atoms with Crippen molar-refractivity contribution in [2.75, 3.05) is 6.61 Å². The predicted molar refractivity (Wildman–Crippen MR) is 74.0 cm³/mol. The number of ether oxygens (including phenoxy) is 1. The van der Waals surface area contributed by atoms with Crippen molar-refractivity contribution in [1.29, 1.82) is 0 Å². The predicted octanol–water partition coefficient (Wildman–Crippen LogP) is 3.52. The Bertz CT molecular complexity index is 377. The molecular formula is C16H24O2. The lowest BCUT2D eigenvalue weighted by atomic mass is 9.82. The Morgan fingerprint density at radius 3 is 2.39 bits per heavy atom. The van der Waals surface area contributed by atoms with Crippen LogP contribution in [0.2, 0.25) is 0 Å². The lowest BCUT2D eigenvalue weighted by Crippen LogP contribution is -2.19. The van der Waals surface area contributed by atoms with Crippen molar-refractivity contribution in [2.45, 2.75) is 51.6 Å². The molecule has 0 aliphatic heterocycles. The maximum atomic E-state index is 9.75. The molecule has 1 fully saturated rings. The van der Waals surface area contributed by atoms with Crippen LogP contribution in [0, 0.1) is 5.92 Å². The number of benzene rings is 1. The van der Waals surface area contributed by atoms with Gasteiger partial charge in [-0.1, -0.05) is 32.9 Å². The molecule has 2 rings (SSSR count). The van der Waals surface area contributed by atoms with Crippen LogP contribution in [-0.4, -0.2) is 17.8 Å². The fourth-order valence-electron chi connectivity index (χ4n) is 2.01. The maximum Gasteiger partial charge on any atom is 0.119 e. The molecular weight excluding hydrogens is 224 g/mol. The van der Waals surface area contributed by atoms with Gasteiger partial charge in [0.15, 0.2) is 0 Å². The summed E-state index contributed by atoms with van der Waals surface area (Å²) < 4.78 is 5.62. The molecule has 1 unspecified atom stereocenters. The molecule has 0 heterocycles. The molecule has 0 amide bonds. The van der Waals surface area contributed by atoms with E-state index in [0.29, 0.717) is 12.5 Å². The number of hydrogen-bond acceptors (Lipinski definition) is 2. The Labute approximate surface area is 110 Å². The van der Waals surface area contributed by atoms with Crippen LogP contribution in [0.15, 0.2) is 24.3 Å². The van der Waals surface area contributed by atoms with Crippen LogP contribution in [0.4, 0.5) is 0 Å². The number of rotatable bonds is 6. The van der Waals surface area contributed by atoms with Gasteiger partial charge in [-0.3, -0.25) is 0 Å². The van der Waals surface area contributed by atoms with E-state index in [9.17, 15) is 5.11 Å². The molecule has 1 N–H and O–H groups in total. The average molecular weight is 248 g/mol. The van der Waals surface area contributed by atoms with Crippen LogP contribution in [0.25, 0.3) is 0 Å². The van der Waals surface area contributed by atoms with Gasteiger partial charge in [-0.15, -0.1) is 0 Å². The summed E-state index contributed by atoms with van der Waals surface area (Å²) in [6, 6.07) is 8.27. The molecule has 0 aromatic heterocycles. The average Bonchev–Trinajstić information content (AvgIpc) is 3.20. The lowest BCUT2D eigenvalue weighted by Gasteiger charge is -2.23. The van der Waals surface area contributed by atoms with Crippen molar-refractivity contribution in [2.24, 2.45) is 5.92 Å². The molecule has 1 saturated carbocycles. The van der Waals surface area contributed by atoms with Crippen LogP contribution in [0.3, 0.4) is 0 Å². The monoisotopic (exact) mass is 248 g/mol. The summed E-state index contributed by atoms with van der Waals surface area (Å²) in [5.41, 5.74) is 1.55. The van der Waals surface area contributed by atoms with E-state index in [0.717, 1.165) is 25.0 Å². The van der Waals surface area contributed by atoms with E-state index in [4.69, 9.17) is 4.74 Å². The fraction of sp³-hybridized carbons (Fsp3) is 0.625. The van der Waals surface area contributed by atoms with Crippen molar-refractivity contribution in [3.8, 4) is 5.75 Å². The van der Waals surface area contributed by atoms with Crippen molar-refractivity contribution in [1.82, 2.24) is 0 Å². The minimum Gasteiger partial charge on any atom is -0.491 e. The summed E-state index contributed by atoms with van der Waals surface area (Å²) in [5, 5.41) is 9.75. The van der Waals surface area contributed by atoms with Crippen molar-refractivity contribution in [3.63, 3.8) is 0 Å². The standard InChI is InChI=1S/C16H24O2/c1-4-16(2,3)13-7-9-14(10-8-13)18-11-15(17)12-5-6-12/h7-10,12,15,17H,4-6,11H2,1-3H3. The van der Waals surface area contributed by atoms with Crippen LogP contribution in [0.1, 0.15) is 45.6 Å². The second-order valence-electron chi connectivity index (χ2n) is 5.98. The first kappa shape index (κ1) is 13.4.